The Balaban J connectivity index is 1.83. The minimum atomic E-state index is -0.417. The molecule has 1 aliphatic heterocycles. The van der Waals surface area contributed by atoms with Crippen molar-refractivity contribution in [2.45, 2.75) is 45.2 Å². The van der Waals surface area contributed by atoms with Crippen LogP contribution in [0, 0.1) is 0 Å². The van der Waals surface area contributed by atoms with Crippen molar-refractivity contribution in [3.63, 3.8) is 0 Å². The predicted molar refractivity (Wildman–Crippen MR) is 79.0 cm³/mol. The molecule has 0 aliphatic carbocycles. The molecule has 0 unspecified atom stereocenters. The Morgan fingerprint density at radius 1 is 1.27 bits per heavy atom. The number of amides is 2. The normalized spacial score (nSPS) is 17.5. The summed E-state index contributed by atoms with van der Waals surface area (Å²) < 4.78 is 4.93. The van der Waals surface area contributed by atoms with Crippen molar-refractivity contribution in [3.05, 3.63) is 11.7 Å². The summed E-state index contributed by atoms with van der Waals surface area (Å²) in [5.74, 6) is -0.303. The number of aromatic nitrogens is 2. The van der Waals surface area contributed by atoms with Crippen LogP contribution in [0.15, 0.2) is 4.52 Å². The molecular formula is C14H23N5O3. The fourth-order valence-corrected chi connectivity index (χ4v) is 2.49. The molecule has 0 spiro atoms. The smallest absolute Gasteiger partial charge is 0.292 e. The molecule has 8 nitrogen and oxygen atoms in total. The van der Waals surface area contributed by atoms with E-state index in [4.69, 9.17) is 4.52 Å². The van der Waals surface area contributed by atoms with Crippen LogP contribution < -0.4 is 10.6 Å². The van der Waals surface area contributed by atoms with Crippen molar-refractivity contribution in [2.24, 2.45) is 0 Å². The van der Waals surface area contributed by atoms with Gasteiger partial charge in [0, 0.05) is 7.05 Å². The summed E-state index contributed by atoms with van der Waals surface area (Å²) in [6.07, 6.45) is 4.73. The van der Waals surface area contributed by atoms with E-state index in [9.17, 15) is 9.59 Å². The van der Waals surface area contributed by atoms with E-state index in [1.54, 1.807) is 0 Å². The molecular weight excluding hydrogens is 286 g/mol. The Morgan fingerprint density at radius 2 is 1.95 bits per heavy atom. The lowest BCUT2D eigenvalue weighted by Crippen LogP contribution is -2.45. The fourth-order valence-electron chi connectivity index (χ4n) is 2.49. The number of carbonyl (C=O) groups is 2. The summed E-state index contributed by atoms with van der Waals surface area (Å²) in [6, 6.07) is -0.181. The van der Waals surface area contributed by atoms with Gasteiger partial charge in [-0.3, -0.25) is 14.5 Å². The highest BCUT2D eigenvalue weighted by molar-refractivity contribution is 5.89. The summed E-state index contributed by atoms with van der Waals surface area (Å²) in [4.78, 5) is 29.6. The van der Waals surface area contributed by atoms with Crippen LogP contribution in [-0.4, -0.2) is 53.0 Å². The van der Waals surface area contributed by atoms with E-state index in [1.165, 1.54) is 19.9 Å². The largest absolute Gasteiger partial charge is 0.352 e. The lowest BCUT2D eigenvalue weighted by molar-refractivity contribution is -0.126. The first kappa shape index (κ1) is 16.4. The third-order valence-corrected chi connectivity index (χ3v) is 3.88. The second-order valence-corrected chi connectivity index (χ2v) is 5.43. The van der Waals surface area contributed by atoms with E-state index < -0.39 is 5.91 Å². The summed E-state index contributed by atoms with van der Waals surface area (Å²) >= 11 is 0. The molecule has 2 amide bonds. The van der Waals surface area contributed by atoms with Crippen molar-refractivity contribution in [3.8, 4) is 0 Å². The highest BCUT2D eigenvalue weighted by Crippen LogP contribution is 2.12. The van der Waals surface area contributed by atoms with Gasteiger partial charge in [0.2, 0.25) is 11.8 Å². The Morgan fingerprint density at radius 3 is 2.59 bits per heavy atom. The maximum atomic E-state index is 12.2. The Bertz CT molecular complexity index is 508. The van der Waals surface area contributed by atoms with Crippen molar-refractivity contribution >= 4 is 11.8 Å². The van der Waals surface area contributed by atoms with Gasteiger partial charge in [-0.15, -0.1) is 0 Å². The van der Waals surface area contributed by atoms with Crippen molar-refractivity contribution in [1.82, 2.24) is 25.7 Å². The lowest BCUT2D eigenvalue weighted by atomic mass is 10.2. The average Bonchev–Trinajstić information content (AvgIpc) is 2.84. The average molecular weight is 309 g/mol. The van der Waals surface area contributed by atoms with Crippen LogP contribution in [0.25, 0.3) is 0 Å². The van der Waals surface area contributed by atoms with Gasteiger partial charge in [-0.05, 0) is 32.9 Å². The van der Waals surface area contributed by atoms with Gasteiger partial charge >= 0.3 is 0 Å². The van der Waals surface area contributed by atoms with Crippen LogP contribution in [0.5, 0.6) is 0 Å². The monoisotopic (exact) mass is 309 g/mol. The SMILES string of the molecule is CNC(=O)c1noc(CNC(=O)[C@H](C)N2CCCCCC2)n1. The molecule has 0 radical (unpaired) electrons. The molecule has 1 atom stereocenters. The Labute approximate surface area is 129 Å². The zero-order valence-corrected chi connectivity index (χ0v) is 13.1. The molecule has 1 saturated heterocycles. The van der Waals surface area contributed by atoms with Crippen molar-refractivity contribution < 1.29 is 14.1 Å². The summed E-state index contributed by atoms with van der Waals surface area (Å²) in [7, 11) is 1.49. The molecule has 2 rings (SSSR count). The molecule has 1 aromatic heterocycles. The highest BCUT2D eigenvalue weighted by atomic mass is 16.5. The second kappa shape index (κ2) is 7.88. The number of carbonyl (C=O) groups excluding carboxylic acids is 2. The molecule has 1 aromatic rings. The summed E-state index contributed by atoms with van der Waals surface area (Å²) in [5.41, 5.74) is 0. The molecule has 1 fully saturated rings. The number of rotatable bonds is 5. The van der Waals surface area contributed by atoms with E-state index in [2.05, 4.69) is 25.7 Å². The van der Waals surface area contributed by atoms with Gasteiger partial charge in [0.25, 0.3) is 11.7 Å². The third-order valence-electron chi connectivity index (χ3n) is 3.88. The van der Waals surface area contributed by atoms with E-state index in [-0.39, 0.29) is 30.2 Å². The van der Waals surface area contributed by atoms with Crippen LogP contribution in [-0.2, 0) is 11.3 Å². The number of likely N-dealkylation sites (tertiary alicyclic amines) is 1. The van der Waals surface area contributed by atoms with E-state index in [0.29, 0.717) is 0 Å². The second-order valence-electron chi connectivity index (χ2n) is 5.43. The number of nitrogens with zero attached hydrogens (tertiary/aromatic N) is 3. The van der Waals surface area contributed by atoms with Crippen LogP contribution in [0.2, 0.25) is 0 Å². The predicted octanol–water partition coefficient (Wildman–Crippen LogP) is 0.310. The van der Waals surface area contributed by atoms with Gasteiger partial charge in [-0.1, -0.05) is 18.0 Å². The minimum Gasteiger partial charge on any atom is -0.352 e. The summed E-state index contributed by atoms with van der Waals surface area (Å²) in [5, 5.41) is 8.74. The molecule has 8 heteroatoms. The first-order valence-electron chi connectivity index (χ1n) is 7.68. The number of hydrogen-bond acceptors (Lipinski definition) is 6. The van der Waals surface area contributed by atoms with E-state index in [0.717, 1.165) is 25.9 Å². The molecule has 2 N–H and O–H groups in total. The maximum Gasteiger partial charge on any atom is 0.292 e. The minimum absolute atomic E-state index is 0.0349. The van der Waals surface area contributed by atoms with Crippen LogP contribution in [0.1, 0.15) is 49.1 Å². The molecule has 0 saturated carbocycles. The molecule has 2 heterocycles. The lowest BCUT2D eigenvalue weighted by Gasteiger charge is -2.26. The molecule has 22 heavy (non-hydrogen) atoms. The van der Waals surface area contributed by atoms with Gasteiger partial charge < -0.3 is 15.2 Å². The Kier molecular flexibility index (Phi) is 5.88. The fraction of sp³-hybridized carbons (Fsp3) is 0.714. The quantitative estimate of drug-likeness (QED) is 0.812. The first-order chi connectivity index (χ1) is 10.6. The summed E-state index contributed by atoms with van der Waals surface area (Å²) in [6.45, 7) is 3.94. The van der Waals surface area contributed by atoms with E-state index in [1.807, 2.05) is 6.92 Å². The first-order valence-corrected chi connectivity index (χ1v) is 7.68. The molecule has 1 aliphatic rings. The third kappa shape index (κ3) is 4.27. The van der Waals surface area contributed by atoms with Crippen molar-refractivity contribution in [1.29, 1.82) is 0 Å². The molecule has 0 aromatic carbocycles. The maximum absolute atomic E-state index is 12.2. The molecule has 0 bridgehead atoms. The number of nitrogens with one attached hydrogen (secondary N) is 2. The topological polar surface area (TPSA) is 100 Å². The van der Waals surface area contributed by atoms with E-state index >= 15 is 0 Å². The van der Waals surface area contributed by atoms with Crippen LogP contribution in [0.4, 0.5) is 0 Å². The van der Waals surface area contributed by atoms with Crippen LogP contribution >= 0.6 is 0 Å². The van der Waals surface area contributed by atoms with Gasteiger partial charge in [0.05, 0.1) is 12.6 Å². The zero-order chi connectivity index (χ0) is 15.9. The van der Waals surface area contributed by atoms with Gasteiger partial charge in [-0.2, -0.15) is 4.98 Å². The highest BCUT2D eigenvalue weighted by Gasteiger charge is 2.22. The standard InChI is InChI=1S/C14H23N5O3/c1-10(19-7-5-3-4-6-8-19)13(20)16-9-11-17-12(18-22-11)14(21)15-2/h10H,3-9H2,1-2H3,(H,15,21)(H,16,20)/t10-/m0/s1. The van der Waals surface area contributed by atoms with Gasteiger partial charge in [-0.25, -0.2) is 0 Å². The van der Waals surface area contributed by atoms with Gasteiger partial charge in [0.1, 0.15) is 0 Å². The van der Waals surface area contributed by atoms with Gasteiger partial charge in [0.15, 0.2) is 0 Å². The molecule has 122 valence electrons. The van der Waals surface area contributed by atoms with Crippen molar-refractivity contribution in [2.75, 3.05) is 20.1 Å². The van der Waals surface area contributed by atoms with Crippen LogP contribution in [0.3, 0.4) is 0 Å². The Hall–Kier alpha value is -1.96. The zero-order valence-electron chi connectivity index (χ0n) is 13.1. The number of hydrogen-bond donors (Lipinski definition) is 2.